The van der Waals surface area contributed by atoms with Crippen molar-refractivity contribution < 1.29 is 14.3 Å². The Morgan fingerprint density at radius 1 is 1.00 bits per heavy atom. The van der Waals surface area contributed by atoms with Crippen LogP contribution >= 0.6 is 0 Å². The Balaban J connectivity index is 1.50. The summed E-state index contributed by atoms with van der Waals surface area (Å²) < 4.78 is 11.5. The van der Waals surface area contributed by atoms with Gasteiger partial charge in [-0.05, 0) is 59.4 Å². The average molecular weight is 480 g/mol. The number of carbonyl (C=O) groups is 1. The van der Waals surface area contributed by atoms with E-state index >= 15 is 0 Å². The first kappa shape index (κ1) is 24.1. The fourth-order valence-corrected chi connectivity index (χ4v) is 5.48. The molecule has 1 heterocycles. The largest absolute Gasteiger partial charge is 0.490 e. The minimum atomic E-state index is -0.299. The summed E-state index contributed by atoms with van der Waals surface area (Å²) in [7, 11) is 1.44. The molecule has 3 atom stereocenters. The number of methoxy groups -OCH3 is 1. The summed E-state index contributed by atoms with van der Waals surface area (Å²) >= 11 is 0. The second-order valence-corrected chi connectivity index (χ2v) is 9.52. The lowest BCUT2D eigenvalue weighted by atomic mass is 9.79. The lowest BCUT2D eigenvalue weighted by Crippen LogP contribution is -2.28. The van der Waals surface area contributed by atoms with Crippen LogP contribution in [0.4, 0.5) is 0 Å². The molecule has 0 saturated carbocycles. The van der Waals surface area contributed by atoms with Crippen LogP contribution in [0.25, 0.3) is 10.8 Å². The first-order valence-corrected chi connectivity index (χ1v) is 12.8. The lowest BCUT2D eigenvalue weighted by Gasteiger charge is -2.34. The highest BCUT2D eigenvalue weighted by Crippen LogP contribution is 2.44. The molecular weight excluding hydrogens is 446 g/mol. The van der Waals surface area contributed by atoms with E-state index in [0.29, 0.717) is 12.1 Å². The smallest absolute Gasteiger partial charge is 0.338 e. The van der Waals surface area contributed by atoms with Crippen molar-refractivity contribution >= 4 is 16.7 Å². The third-order valence-electron chi connectivity index (χ3n) is 7.38. The van der Waals surface area contributed by atoms with Gasteiger partial charge in [0.15, 0.2) is 0 Å². The quantitative estimate of drug-likeness (QED) is 0.286. The van der Waals surface area contributed by atoms with Crippen molar-refractivity contribution in [1.29, 1.82) is 0 Å². The standard InChI is InChI=1S/C32H33NO3/c1-4-24-19-29(27-15-7-8-16-28(27)32(34)35-3)31-23(13-10-18-30(31)36-24)20-33-21(2)25-17-9-12-22-11-5-6-14-26(22)25/h5-18,21,24,29,33H,4,19-20H2,1-3H3/t21-,24?,29?/m1/s1. The molecule has 1 aliphatic rings. The van der Waals surface area contributed by atoms with E-state index < -0.39 is 0 Å². The van der Waals surface area contributed by atoms with Gasteiger partial charge in [0.25, 0.3) is 0 Å². The van der Waals surface area contributed by atoms with Crippen molar-refractivity contribution in [2.75, 3.05) is 7.11 Å². The van der Waals surface area contributed by atoms with Gasteiger partial charge in [0.2, 0.25) is 0 Å². The van der Waals surface area contributed by atoms with E-state index in [-0.39, 0.29) is 24.0 Å². The molecule has 1 N–H and O–H groups in total. The predicted octanol–water partition coefficient (Wildman–Crippen LogP) is 7.17. The molecule has 0 fully saturated rings. The number of benzene rings is 4. The molecule has 0 amide bonds. The van der Waals surface area contributed by atoms with E-state index in [9.17, 15) is 4.79 Å². The number of ether oxygens (including phenoxy) is 2. The van der Waals surface area contributed by atoms with Gasteiger partial charge in [-0.15, -0.1) is 0 Å². The van der Waals surface area contributed by atoms with Crippen molar-refractivity contribution in [2.24, 2.45) is 0 Å². The number of rotatable bonds is 7. The van der Waals surface area contributed by atoms with Gasteiger partial charge in [0.05, 0.1) is 18.8 Å². The monoisotopic (exact) mass is 479 g/mol. The topological polar surface area (TPSA) is 47.6 Å². The molecule has 4 aromatic carbocycles. The average Bonchev–Trinajstić information content (AvgIpc) is 2.94. The Labute approximate surface area is 213 Å². The maximum absolute atomic E-state index is 12.6. The molecule has 0 spiro atoms. The summed E-state index contributed by atoms with van der Waals surface area (Å²) in [5, 5.41) is 6.28. The molecule has 0 bridgehead atoms. The zero-order chi connectivity index (χ0) is 25.1. The molecule has 4 nitrogen and oxygen atoms in total. The number of carbonyl (C=O) groups excluding carboxylic acids is 1. The summed E-state index contributed by atoms with van der Waals surface area (Å²) in [6, 6.07) is 29.3. The maximum Gasteiger partial charge on any atom is 0.338 e. The van der Waals surface area contributed by atoms with Crippen molar-refractivity contribution in [3.8, 4) is 5.75 Å². The van der Waals surface area contributed by atoms with Crippen LogP contribution < -0.4 is 10.1 Å². The van der Waals surface area contributed by atoms with Crippen molar-refractivity contribution in [3.05, 3.63) is 113 Å². The van der Waals surface area contributed by atoms with Crippen LogP contribution in [-0.4, -0.2) is 19.2 Å². The number of nitrogens with one attached hydrogen (secondary N) is 1. The van der Waals surface area contributed by atoms with Gasteiger partial charge in [-0.25, -0.2) is 4.79 Å². The molecule has 1 aliphatic heterocycles. The van der Waals surface area contributed by atoms with E-state index in [1.807, 2.05) is 18.2 Å². The number of esters is 1. The summed E-state index contributed by atoms with van der Waals surface area (Å²) in [5.41, 5.74) is 5.27. The fraction of sp³-hybridized carbons (Fsp3) is 0.281. The molecule has 0 radical (unpaired) electrons. The summed E-state index contributed by atoms with van der Waals surface area (Å²) in [6.45, 7) is 5.06. The van der Waals surface area contributed by atoms with Crippen LogP contribution in [0.1, 0.15) is 71.3 Å². The second-order valence-electron chi connectivity index (χ2n) is 9.52. The maximum atomic E-state index is 12.6. The first-order valence-electron chi connectivity index (χ1n) is 12.8. The van der Waals surface area contributed by atoms with Crippen LogP contribution in [-0.2, 0) is 11.3 Å². The Bertz CT molecular complexity index is 1370. The number of fused-ring (bicyclic) bond motifs is 2. The molecule has 36 heavy (non-hydrogen) atoms. The molecular formula is C32H33NO3. The van der Waals surface area contributed by atoms with Gasteiger partial charge in [-0.2, -0.15) is 0 Å². The fourth-order valence-electron chi connectivity index (χ4n) is 5.48. The number of hydrogen-bond acceptors (Lipinski definition) is 4. The molecule has 0 aromatic heterocycles. The molecule has 0 saturated heterocycles. The van der Waals surface area contributed by atoms with Crippen molar-refractivity contribution in [2.45, 2.75) is 51.3 Å². The molecule has 0 aliphatic carbocycles. The first-order chi connectivity index (χ1) is 17.6. The van der Waals surface area contributed by atoms with E-state index in [2.05, 4.69) is 85.9 Å². The zero-order valence-electron chi connectivity index (χ0n) is 21.2. The zero-order valence-corrected chi connectivity index (χ0v) is 21.2. The minimum Gasteiger partial charge on any atom is -0.490 e. The van der Waals surface area contributed by atoms with Crippen LogP contribution in [0.2, 0.25) is 0 Å². The van der Waals surface area contributed by atoms with Gasteiger partial charge >= 0.3 is 5.97 Å². The van der Waals surface area contributed by atoms with E-state index in [1.165, 1.54) is 29.0 Å². The Morgan fingerprint density at radius 3 is 2.58 bits per heavy atom. The summed E-state index contributed by atoms with van der Waals surface area (Å²) in [4.78, 5) is 12.6. The Hall–Kier alpha value is -3.63. The summed E-state index contributed by atoms with van der Waals surface area (Å²) in [5.74, 6) is 0.668. The Kier molecular flexibility index (Phi) is 7.06. The van der Waals surface area contributed by atoms with E-state index in [0.717, 1.165) is 29.7 Å². The van der Waals surface area contributed by atoms with Crippen LogP contribution in [0.15, 0.2) is 84.9 Å². The molecule has 4 heteroatoms. The Morgan fingerprint density at radius 2 is 1.75 bits per heavy atom. The highest BCUT2D eigenvalue weighted by molar-refractivity contribution is 5.91. The molecule has 2 unspecified atom stereocenters. The second kappa shape index (κ2) is 10.5. The predicted molar refractivity (Wildman–Crippen MR) is 145 cm³/mol. The molecule has 184 valence electrons. The van der Waals surface area contributed by atoms with Gasteiger partial charge < -0.3 is 14.8 Å². The third kappa shape index (κ3) is 4.61. The van der Waals surface area contributed by atoms with Crippen LogP contribution in [0, 0.1) is 0 Å². The van der Waals surface area contributed by atoms with E-state index in [1.54, 1.807) is 0 Å². The van der Waals surface area contributed by atoms with Gasteiger partial charge in [-0.3, -0.25) is 0 Å². The van der Waals surface area contributed by atoms with Gasteiger partial charge in [0.1, 0.15) is 5.75 Å². The van der Waals surface area contributed by atoms with Crippen LogP contribution in [0.5, 0.6) is 5.75 Å². The van der Waals surface area contributed by atoms with Crippen molar-refractivity contribution in [1.82, 2.24) is 5.32 Å². The van der Waals surface area contributed by atoms with E-state index in [4.69, 9.17) is 9.47 Å². The van der Waals surface area contributed by atoms with Gasteiger partial charge in [0, 0.05) is 24.1 Å². The normalized spacial score (nSPS) is 17.8. The highest BCUT2D eigenvalue weighted by atomic mass is 16.5. The van der Waals surface area contributed by atoms with Gasteiger partial charge in [-0.1, -0.05) is 79.7 Å². The van der Waals surface area contributed by atoms with Crippen LogP contribution in [0.3, 0.4) is 0 Å². The highest BCUT2D eigenvalue weighted by Gasteiger charge is 2.33. The molecule has 5 rings (SSSR count). The third-order valence-corrected chi connectivity index (χ3v) is 7.38. The summed E-state index contributed by atoms with van der Waals surface area (Å²) in [6.07, 6.45) is 1.84. The number of hydrogen-bond donors (Lipinski definition) is 1. The minimum absolute atomic E-state index is 0.0554. The lowest BCUT2D eigenvalue weighted by molar-refractivity contribution is 0.0598. The SMILES string of the molecule is CCC1CC(c2ccccc2C(=O)OC)c2c(CN[C@H](C)c3cccc4ccccc34)cccc2O1. The molecule has 4 aromatic rings. The van der Waals surface area contributed by atoms with Crippen molar-refractivity contribution in [3.63, 3.8) is 0 Å².